The second-order valence-electron chi connectivity index (χ2n) is 8.70. The Kier molecular flexibility index (Phi) is 5.09. The highest BCUT2D eigenvalue weighted by atomic mass is 16.5. The summed E-state index contributed by atoms with van der Waals surface area (Å²) in [5.74, 6) is 1.63. The van der Waals surface area contributed by atoms with Crippen LogP contribution in [0.5, 0.6) is 0 Å². The first-order valence-corrected chi connectivity index (χ1v) is 10.8. The van der Waals surface area contributed by atoms with Gasteiger partial charge in [0.25, 0.3) is 5.91 Å². The van der Waals surface area contributed by atoms with Crippen LogP contribution in [0.25, 0.3) is 22.8 Å². The Labute approximate surface area is 185 Å². The monoisotopic (exact) mass is 434 g/mol. The highest BCUT2D eigenvalue weighted by Crippen LogP contribution is 2.36. The third-order valence-corrected chi connectivity index (χ3v) is 6.15. The first-order valence-electron chi connectivity index (χ1n) is 10.8. The molecule has 0 spiro atoms. The van der Waals surface area contributed by atoms with Gasteiger partial charge in [-0.25, -0.2) is 19.9 Å². The van der Waals surface area contributed by atoms with Gasteiger partial charge in [0.1, 0.15) is 17.6 Å². The minimum Gasteiger partial charge on any atom is -0.376 e. The van der Waals surface area contributed by atoms with Gasteiger partial charge in [-0.2, -0.15) is 5.10 Å². The van der Waals surface area contributed by atoms with E-state index in [2.05, 4.69) is 30.5 Å². The molecule has 10 heteroatoms. The molecule has 1 unspecified atom stereocenters. The van der Waals surface area contributed by atoms with Gasteiger partial charge in [0.2, 0.25) is 0 Å². The van der Waals surface area contributed by atoms with Crippen LogP contribution in [0.1, 0.15) is 38.8 Å². The molecule has 3 aromatic rings. The minimum absolute atomic E-state index is 0.0665. The number of H-pyrrole nitrogens is 1. The number of nitrogens with zero attached hydrogens (tertiary/aromatic N) is 6. The number of fused-ring (bicyclic) bond motifs is 1. The Hall–Kier alpha value is -3.40. The molecule has 0 bridgehead atoms. The van der Waals surface area contributed by atoms with Gasteiger partial charge in [0, 0.05) is 24.4 Å². The van der Waals surface area contributed by atoms with E-state index >= 15 is 0 Å². The number of carbonyl (C=O) groups is 1. The van der Waals surface area contributed by atoms with Crippen LogP contribution in [-0.4, -0.2) is 60.8 Å². The lowest BCUT2D eigenvalue weighted by Crippen LogP contribution is -2.59. The van der Waals surface area contributed by atoms with Crippen LogP contribution in [0.15, 0.2) is 24.7 Å². The van der Waals surface area contributed by atoms with Crippen LogP contribution in [0.3, 0.4) is 0 Å². The molecule has 2 aliphatic heterocycles. The number of anilines is 2. The molecule has 3 aromatic heterocycles. The van der Waals surface area contributed by atoms with Crippen LogP contribution in [0, 0.1) is 6.92 Å². The molecule has 0 aliphatic carbocycles. The van der Waals surface area contributed by atoms with E-state index in [1.54, 1.807) is 6.20 Å². The van der Waals surface area contributed by atoms with Crippen molar-refractivity contribution in [3.63, 3.8) is 0 Å². The quantitative estimate of drug-likeness (QED) is 0.643. The van der Waals surface area contributed by atoms with Crippen LogP contribution in [0.4, 0.5) is 11.6 Å². The molecule has 2 aliphatic rings. The molecule has 0 aromatic carbocycles. The normalized spacial score (nSPS) is 20.0. The van der Waals surface area contributed by atoms with Gasteiger partial charge in [0.05, 0.1) is 18.0 Å². The Morgan fingerprint density at radius 3 is 2.78 bits per heavy atom. The van der Waals surface area contributed by atoms with Crippen molar-refractivity contribution < 1.29 is 9.53 Å². The zero-order valence-electron chi connectivity index (χ0n) is 18.4. The Balaban J connectivity index is 1.52. The maximum atomic E-state index is 12.8. The first-order chi connectivity index (χ1) is 15.4. The van der Waals surface area contributed by atoms with Gasteiger partial charge in [-0.05, 0) is 52.2 Å². The lowest BCUT2D eigenvalue weighted by molar-refractivity contribution is -0.120. The number of amides is 1. The zero-order valence-corrected chi connectivity index (χ0v) is 18.4. The molecule has 1 amide bonds. The van der Waals surface area contributed by atoms with Crippen molar-refractivity contribution in [2.45, 2.75) is 51.7 Å². The van der Waals surface area contributed by atoms with E-state index in [-0.39, 0.29) is 12.0 Å². The fourth-order valence-corrected chi connectivity index (χ4v) is 4.20. The molecule has 1 atom stereocenters. The summed E-state index contributed by atoms with van der Waals surface area (Å²) in [4.78, 5) is 33.1. The maximum Gasteiger partial charge on any atom is 0.250 e. The largest absolute Gasteiger partial charge is 0.376 e. The van der Waals surface area contributed by atoms with Crippen LogP contribution in [-0.2, 0) is 9.53 Å². The van der Waals surface area contributed by atoms with Gasteiger partial charge >= 0.3 is 0 Å². The average Bonchev–Trinajstić information content (AvgIpc) is 3.33. The molecule has 5 rings (SSSR count). The van der Waals surface area contributed by atoms with Crippen molar-refractivity contribution in [2.75, 3.05) is 23.4 Å². The van der Waals surface area contributed by atoms with E-state index in [9.17, 15) is 4.79 Å². The molecule has 32 heavy (non-hydrogen) atoms. The van der Waals surface area contributed by atoms with Crippen molar-refractivity contribution in [1.82, 2.24) is 30.1 Å². The molecule has 166 valence electrons. The SMILES string of the molecule is Cc1nc(-c2ncn[nH]2)ccc1-c1cnc2c(n1)N(CC1CCCCO1)C(C)(C)C(=O)N2. The van der Waals surface area contributed by atoms with E-state index < -0.39 is 5.54 Å². The summed E-state index contributed by atoms with van der Waals surface area (Å²) in [6, 6.07) is 3.83. The van der Waals surface area contributed by atoms with Crippen LogP contribution >= 0.6 is 0 Å². The number of carbonyl (C=O) groups excluding carboxylic acids is 1. The summed E-state index contributed by atoms with van der Waals surface area (Å²) in [6.45, 7) is 7.08. The van der Waals surface area contributed by atoms with E-state index in [1.165, 1.54) is 6.33 Å². The second kappa shape index (κ2) is 7.94. The van der Waals surface area contributed by atoms with Crippen molar-refractivity contribution in [1.29, 1.82) is 0 Å². The van der Waals surface area contributed by atoms with Crippen molar-refractivity contribution in [3.05, 3.63) is 30.4 Å². The summed E-state index contributed by atoms with van der Waals surface area (Å²) in [5.41, 5.74) is 2.30. The van der Waals surface area contributed by atoms with E-state index in [0.717, 1.165) is 37.1 Å². The second-order valence-corrected chi connectivity index (χ2v) is 8.70. The topological polar surface area (TPSA) is 122 Å². The Bertz CT molecular complexity index is 1140. The van der Waals surface area contributed by atoms with Crippen LogP contribution < -0.4 is 10.2 Å². The fraction of sp³-hybridized carbons (Fsp3) is 0.455. The molecule has 1 fully saturated rings. The lowest BCUT2D eigenvalue weighted by atomic mass is 9.97. The number of rotatable bonds is 4. The van der Waals surface area contributed by atoms with E-state index in [0.29, 0.717) is 35.4 Å². The van der Waals surface area contributed by atoms with Gasteiger partial charge in [0.15, 0.2) is 17.5 Å². The number of ether oxygens (including phenoxy) is 1. The highest BCUT2D eigenvalue weighted by Gasteiger charge is 2.43. The predicted octanol–water partition coefficient (Wildman–Crippen LogP) is 2.74. The summed E-state index contributed by atoms with van der Waals surface area (Å²) in [5, 5.41) is 9.62. The number of pyridine rings is 1. The molecule has 0 radical (unpaired) electrons. The number of aromatic nitrogens is 6. The Morgan fingerprint density at radius 2 is 2.06 bits per heavy atom. The standard InChI is InChI=1S/C22H26N8O2/c1-13-15(7-8-16(26-13)18-24-12-25-29-18)17-10-23-19-20(27-17)30(22(2,3)21(31)28-19)11-14-6-4-5-9-32-14/h7-8,10,12,14H,4-6,9,11H2,1-3H3,(H,23,28,31)(H,24,25,29). The van der Waals surface area contributed by atoms with Crippen LogP contribution in [0.2, 0.25) is 0 Å². The van der Waals surface area contributed by atoms with Crippen molar-refractivity contribution in [2.24, 2.45) is 0 Å². The van der Waals surface area contributed by atoms with Gasteiger partial charge < -0.3 is 15.0 Å². The predicted molar refractivity (Wildman–Crippen MR) is 119 cm³/mol. The number of hydrogen-bond donors (Lipinski definition) is 2. The first kappa shape index (κ1) is 20.5. The van der Waals surface area contributed by atoms with E-state index in [1.807, 2.05) is 37.8 Å². The molecule has 0 saturated carbocycles. The van der Waals surface area contributed by atoms with E-state index in [4.69, 9.17) is 9.72 Å². The van der Waals surface area contributed by atoms with Crippen molar-refractivity contribution >= 4 is 17.5 Å². The smallest absolute Gasteiger partial charge is 0.250 e. The fourth-order valence-electron chi connectivity index (χ4n) is 4.20. The number of nitrogens with one attached hydrogen (secondary N) is 2. The number of aryl methyl sites for hydroxylation is 1. The van der Waals surface area contributed by atoms with Gasteiger partial charge in [-0.1, -0.05) is 0 Å². The summed E-state index contributed by atoms with van der Waals surface area (Å²) >= 11 is 0. The average molecular weight is 435 g/mol. The molecule has 1 saturated heterocycles. The molecule has 10 nitrogen and oxygen atoms in total. The summed E-state index contributed by atoms with van der Waals surface area (Å²) in [7, 11) is 0. The molecule has 5 heterocycles. The maximum absolute atomic E-state index is 12.8. The summed E-state index contributed by atoms with van der Waals surface area (Å²) < 4.78 is 5.96. The number of aromatic amines is 1. The lowest BCUT2D eigenvalue weighted by Gasteiger charge is -2.44. The van der Waals surface area contributed by atoms with Crippen molar-refractivity contribution in [3.8, 4) is 22.8 Å². The Morgan fingerprint density at radius 1 is 1.19 bits per heavy atom. The highest BCUT2D eigenvalue weighted by molar-refractivity contribution is 6.04. The zero-order chi connectivity index (χ0) is 22.3. The molecule has 2 N–H and O–H groups in total. The number of hydrogen-bond acceptors (Lipinski definition) is 8. The third-order valence-electron chi connectivity index (χ3n) is 6.15. The molecular weight excluding hydrogens is 408 g/mol. The minimum atomic E-state index is -0.773. The van der Waals surface area contributed by atoms with Gasteiger partial charge in [-0.3, -0.25) is 9.89 Å². The molecular formula is C22H26N8O2. The van der Waals surface area contributed by atoms with Gasteiger partial charge in [-0.15, -0.1) is 0 Å². The third kappa shape index (κ3) is 3.60. The summed E-state index contributed by atoms with van der Waals surface area (Å²) in [6.07, 6.45) is 6.38.